The second-order valence-electron chi connectivity index (χ2n) is 8.55. The van der Waals surface area contributed by atoms with Crippen LogP contribution in [0.2, 0.25) is 0 Å². The van der Waals surface area contributed by atoms with Crippen LogP contribution in [-0.2, 0) is 0 Å². The highest BCUT2D eigenvalue weighted by Gasteiger charge is 2.08. The van der Waals surface area contributed by atoms with Gasteiger partial charge in [0.05, 0.1) is 5.52 Å². The maximum atomic E-state index is 8.33. The minimum atomic E-state index is 0.324. The number of nitrogens with two attached hydrogens (primary N) is 1. The number of hydrogen-bond donors (Lipinski definition) is 3. The molecule has 1 aliphatic heterocycles. The number of anilines is 1. The summed E-state index contributed by atoms with van der Waals surface area (Å²) in [7, 11) is 0. The van der Waals surface area contributed by atoms with Crippen molar-refractivity contribution in [3.05, 3.63) is 36.5 Å². The number of fused-ring (bicyclic) bond motifs is 1. The fraction of sp³-hybridized carbons (Fsp3) is 0.654. The molecule has 31 heavy (non-hydrogen) atoms. The van der Waals surface area contributed by atoms with E-state index in [1.54, 1.807) is 0 Å². The first-order chi connectivity index (χ1) is 15.3. The normalized spacial score (nSPS) is 14.3. The van der Waals surface area contributed by atoms with Gasteiger partial charge in [-0.15, -0.1) is 0 Å². The van der Waals surface area contributed by atoms with E-state index in [1.807, 2.05) is 12.3 Å². The van der Waals surface area contributed by atoms with Crippen molar-refractivity contribution >= 4 is 16.6 Å². The Kier molecular flexibility index (Phi) is 14.0. The number of unbranched alkanes of at least 4 members (excludes halogenated alkanes) is 6. The topological polar surface area (TPSA) is 74.4 Å². The van der Waals surface area contributed by atoms with Gasteiger partial charge in [0, 0.05) is 30.4 Å². The number of piperidine rings is 1. The molecule has 0 radical (unpaired) electrons. The van der Waals surface area contributed by atoms with Crippen molar-refractivity contribution in [2.45, 2.75) is 70.6 Å². The van der Waals surface area contributed by atoms with Crippen LogP contribution in [0, 0.1) is 0 Å². The molecule has 0 spiro atoms. The molecule has 0 bridgehead atoms. The molecule has 0 amide bonds. The molecule has 4 N–H and O–H groups in total. The van der Waals surface area contributed by atoms with Gasteiger partial charge in [0.25, 0.3) is 0 Å². The number of para-hydroxylation sites is 1. The summed E-state index contributed by atoms with van der Waals surface area (Å²) < 4.78 is 0. The highest BCUT2D eigenvalue weighted by molar-refractivity contribution is 5.90. The summed E-state index contributed by atoms with van der Waals surface area (Å²) >= 11 is 0. The quantitative estimate of drug-likeness (QED) is 0.383. The van der Waals surface area contributed by atoms with E-state index in [1.165, 1.54) is 75.7 Å². The van der Waals surface area contributed by atoms with Crippen molar-refractivity contribution < 1.29 is 5.11 Å². The maximum absolute atomic E-state index is 8.33. The van der Waals surface area contributed by atoms with E-state index < -0.39 is 0 Å². The summed E-state index contributed by atoms with van der Waals surface area (Å²) in [6, 6.07) is 10.4. The molecule has 3 rings (SSSR count). The third-order valence-corrected chi connectivity index (χ3v) is 5.93. The predicted molar refractivity (Wildman–Crippen MR) is 134 cm³/mol. The monoisotopic (exact) mass is 428 g/mol. The van der Waals surface area contributed by atoms with Crippen LogP contribution in [0.3, 0.4) is 0 Å². The van der Waals surface area contributed by atoms with Crippen molar-refractivity contribution in [2.24, 2.45) is 5.73 Å². The zero-order valence-corrected chi connectivity index (χ0v) is 19.4. The number of aliphatic hydroxyl groups is 1. The Labute approximate surface area is 189 Å². The Morgan fingerprint density at radius 3 is 2.42 bits per heavy atom. The first-order valence-electron chi connectivity index (χ1n) is 12.5. The number of nitrogens with zero attached hydrogens (tertiary/aromatic N) is 2. The largest absolute Gasteiger partial charge is 0.396 e. The zero-order chi connectivity index (χ0) is 22.0. The van der Waals surface area contributed by atoms with Crippen molar-refractivity contribution in [3.63, 3.8) is 0 Å². The average molecular weight is 429 g/mol. The van der Waals surface area contributed by atoms with Gasteiger partial charge in [0.15, 0.2) is 0 Å². The van der Waals surface area contributed by atoms with E-state index in [0.717, 1.165) is 44.3 Å². The van der Waals surface area contributed by atoms with Crippen LogP contribution in [0.25, 0.3) is 10.9 Å². The number of aromatic nitrogens is 1. The molecule has 174 valence electrons. The van der Waals surface area contributed by atoms with Crippen molar-refractivity contribution in [1.82, 2.24) is 9.88 Å². The number of benzene rings is 1. The number of nitrogens with one attached hydrogen (secondary N) is 1. The van der Waals surface area contributed by atoms with Crippen LogP contribution >= 0.6 is 0 Å². The molecule has 0 unspecified atom stereocenters. The van der Waals surface area contributed by atoms with Gasteiger partial charge in [-0.05, 0) is 76.8 Å². The fourth-order valence-electron chi connectivity index (χ4n) is 4.08. The van der Waals surface area contributed by atoms with E-state index in [-0.39, 0.29) is 0 Å². The molecule has 0 aliphatic carbocycles. The molecule has 2 aromatic rings. The summed E-state index contributed by atoms with van der Waals surface area (Å²) in [4.78, 5) is 7.05. The maximum Gasteiger partial charge on any atom is 0.0722 e. The molecule has 5 heteroatoms. The average Bonchev–Trinajstić information content (AvgIpc) is 2.82. The molecular formula is C26H44N4O. The minimum absolute atomic E-state index is 0.324. The minimum Gasteiger partial charge on any atom is -0.396 e. The first kappa shape index (κ1) is 25.6. The zero-order valence-electron chi connectivity index (χ0n) is 19.4. The summed E-state index contributed by atoms with van der Waals surface area (Å²) in [6.45, 7) is 6.13. The number of pyridine rings is 1. The van der Waals surface area contributed by atoms with Gasteiger partial charge in [-0.2, -0.15) is 0 Å². The molecule has 0 saturated carbocycles. The van der Waals surface area contributed by atoms with Crippen molar-refractivity contribution in [3.8, 4) is 0 Å². The molecule has 1 fully saturated rings. The summed E-state index contributed by atoms with van der Waals surface area (Å²) in [5, 5.41) is 13.1. The Morgan fingerprint density at radius 2 is 1.61 bits per heavy atom. The highest BCUT2D eigenvalue weighted by Crippen LogP contribution is 2.21. The number of aliphatic hydroxyl groups excluding tert-OH is 1. The van der Waals surface area contributed by atoms with Crippen molar-refractivity contribution in [2.75, 3.05) is 44.6 Å². The predicted octanol–water partition coefficient (Wildman–Crippen LogP) is 5.19. The van der Waals surface area contributed by atoms with E-state index in [2.05, 4.69) is 39.5 Å². The molecule has 0 atom stereocenters. The Bertz CT molecular complexity index is 677. The molecule has 1 aromatic heterocycles. The third kappa shape index (κ3) is 10.9. The molecule has 1 aromatic carbocycles. The fourth-order valence-corrected chi connectivity index (χ4v) is 4.08. The summed E-state index contributed by atoms with van der Waals surface area (Å²) in [6.07, 6.45) is 15.7. The van der Waals surface area contributed by atoms with E-state index >= 15 is 0 Å². The van der Waals surface area contributed by atoms with Crippen LogP contribution in [-0.4, -0.2) is 54.3 Å². The van der Waals surface area contributed by atoms with Crippen LogP contribution in [0.15, 0.2) is 36.5 Å². The molecule has 1 saturated heterocycles. The number of likely N-dealkylation sites (tertiary alicyclic amines) is 1. The van der Waals surface area contributed by atoms with Gasteiger partial charge in [0.2, 0.25) is 0 Å². The third-order valence-electron chi connectivity index (χ3n) is 5.93. The van der Waals surface area contributed by atoms with Crippen LogP contribution in [0.4, 0.5) is 5.69 Å². The summed E-state index contributed by atoms with van der Waals surface area (Å²) in [5.74, 6) is 0. The molecule has 5 nitrogen and oxygen atoms in total. The van der Waals surface area contributed by atoms with Gasteiger partial charge in [-0.3, -0.25) is 4.98 Å². The number of hydrogen-bond acceptors (Lipinski definition) is 5. The van der Waals surface area contributed by atoms with Gasteiger partial charge >= 0.3 is 0 Å². The molecular weight excluding hydrogens is 384 g/mol. The summed E-state index contributed by atoms with van der Waals surface area (Å²) in [5.41, 5.74) is 7.53. The lowest BCUT2D eigenvalue weighted by atomic mass is 10.1. The van der Waals surface area contributed by atoms with Crippen molar-refractivity contribution in [1.29, 1.82) is 0 Å². The van der Waals surface area contributed by atoms with Gasteiger partial charge in [0.1, 0.15) is 0 Å². The van der Waals surface area contributed by atoms with E-state index in [9.17, 15) is 0 Å². The first-order valence-corrected chi connectivity index (χ1v) is 12.5. The van der Waals surface area contributed by atoms with Crippen LogP contribution in [0.5, 0.6) is 0 Å². The lowest BCUT2D eigenvalue weighted by molar-refractivity contribution is 0.224. The SMILES string of the molecule is NCCCCCCO.c1ccc2c(NCCCCCCN3CCCCC3)ccnc2c1. The Hall–Kier alpha value is -1.69. The second-order valence-corrected chi connectivity index (χ2v) is 8.55. The lowest BCUT2D eigenvalue weighted by Crippen LogP contribution is -2.30. The van der Waals surface area contributed by atoms with Gasteiger partial charge < -0.3 is 21.1 Å². The van der Waals surface area contributed by atoms with Crippen LogP contribution in [0.1, 0.15) is 70.6 Å². The van der Waals surface area contributed by atoms with Gasteiger partial charge in [-0.1, -0.05) is 50.3 Å². The highest BCUT2D eigenvalue weighted by atomic mass is 16.2. The Balaban J connectivity index is 0.000000366. The van der Waals surface area contributed by atoms with E-state index in [4.69, 9.17) is 10.8 Å². The standard InChI is InChI=1S/C20H29N3.C6H15NO/c1(2-7-15-23-16-8-3-9-17-23)6-13-21-20-12-14-22-19-11-5-4-10-18(19)20;7-5-3-1-2-4-6-8/h4-5,10-12,14H,1-3,6-9,13,15-17H2,(H,21,22);8H,1-7H2. The smallest absolute Gasteiger partial charge is 0.0722 e. The number of rotatable bonds is 13. The Morgan fingerprint density at radius 1 is 0.871 bits per heavy atom. The van der Waals surface area contributed by atoms with Gasteiger partial charge in [-0.25, -0.2) is 0 Å². The molecule has 2 heterocycles. The van der Waals surface area contributed by atoms with E-state index in [0.29, 0.717) is 6.61 Å². The lowest BCUT2D eigenvalue weighted by Gasteiger charge is -2.26. The second kappa shape index (κ2) is 16.9. The molecule has 1 aliphatic rings. The van der Waals surface area contributed by atoms with Crippen LogP contribution < -0.4 is 11.1 Å².